The fourth-order valence-corrected chi connectivity index (χ4v) is 13.0. The Hall–Kier alpha value is -4.55. The van der Waals surface area contributed by atoms with Crippen molar-refractivity contribution in [3.05, 3.63) is 29.8 Å². The Morgan fingerprint density at radius 1 is 0.775 bits per heavy atom. The maximum Gasteiger partial charge on any atom is 0.323 e. The van der Waals surface area contributed by atoms with Crippen molar-refractivity contribution in [2.45, 2.75) is 110 Å². The Bertz CT molecular complexity index is 2000. The van der Waals surface area contributed by atoms with E-state index in [4.69, 9.17) is 31.9 Å². The van der Waals surface area contributed by atoms with Gasteiger partial charge in [0.1, 0.15) is 6.04 Å². The normalized spacial score (nSPS) is 28.8. The van der Waals surface area contributed by atoms with Crippen LogP contribution in [0, 0.1) is 46.3 Å². The van der Waals surface area contributed by atoms with Crippen LogP contribution >= 0.6 is 12.2 Å². The molecule has 10 N–H and O–H groups in total. The average molecular weight is 1020 g/mol. The first kappa shape index (κ1) is 57.4. The third-order valence-corrected chi connectivity index (χ3v) is 16.6. The predicted molar refractivity (Wildman–Crippen MR) is 261 cm³/mol. The highest BCUT2D eigenvalue weighted by molar-refractivity contribution is 7.80. The van der Waals surface area contributed by atoms with Gasteiger partial charge in [-0.25, -0.2) is 0 Å². The van der Waals surface area contributed by atoms with Gasteiger partial charge in [0.25, 0.3) is 0 Å². The van der Waals surface area contributed by atoms with Gasteiger partial charge in [-0.05, 0) is 128 Å². The number of thiocarbonyl (C=S) groups is 1. The number of ether oxygens (including phenoxy) is 2. The van der Waals surface area contributed by atoms with Gasteiger partial charge in [0, 0.05) is 44.8 Å². The van der Waals surface area contributed by atoms with E-state index in [0.29, 0.717) is 48.8 Å². The van der Waals surface area contributed by atoms with E-state index in [9.17, 15) is 59.4 Å². The number of aliphatic hydroxyl groups is 2. The number of anilines is 1. The molecule has 1 unspecified atom stereocenters. The molecule has 398 valence electrons. The molecule has 0 saturated heterocycles. The van der Waals surface area contributed by atoms with Crippen molar-refractivity contribution in [2.24, 2.45) is 46.3 Å². The molecular formula is C49H75N5O16S. The van der Waals surface area contributed by atoms with Gasteiger partial charge in [0.05, 0.1) is 64.3 Å². The monoisotopic (exact) mass is 1020 g/mol. The summed E-state index contributed by atoms with van der Waals surface area (Å²) in [5.41, 5.74) is 1.01. The Morgan fingerprint density at radius 3 is 2.01 bits per heavy atom. The zero-order valence-corrected chi connectivity index (χ0v) is 41.8. The maximum atomic E-state index is 12.3. The SMILES string of the molecule is C[C@H](CCC(=O)O)[C@H]1CC[C@H]2[C@@H]3[C@H](O)C[C@@H]4C[C@@H](OCCNC(=S)Nc5ccc(COCC(C(=O)O)N(CCN(CCN(CC(=O)O)CC(=O)O)CC(=O)O)CC(=O)O)cc5)CC[C@]4(C)[C@H]3C[C@H](O)[C@]12C. The zero-order valence-electron chi connectivity index (χ0n) is 41.0. The van der Waals surface area contributed by atoms with Crippen LogP contribution in [-0.4, -0.2) is 193 Å². The van der Waals surface area contributed by atoms with Crippen molar-refractivity contribution in [3.8, 4) is 0 Å². The second-order valence-corrected chi connectivity index (χ2v) is 21.2. The molecular weight excluding hydrogens is 947 g/mol. The lowest BCUT2D eigenvalue weighted by Gasteiger charge is -2.63. The van der Waals surface area contributed by atoms with Gasteiger partial charge in [-0.15, -0.1) is 0 Å². The van der Waals surface area contributed by atoms with Gasteiger partial charge in [-0.3, -0.25) is 43.5 Å². The van der Waals surface area contributed by atoms with Crippen LogP contribution in [0.3, 0.4) is 0 Å². The van der Waals surface area contributed by atoms with E-state index in [2.05, 4.69) is 31.4 Å². The number of hydrogen-bond donors (Lipinski definition) is 10. The van der Waals surface area contributed by atoms with Crippen LogP contribution in [-0.2, 0) is 44.8 Å². The molecule has 4 saturated carbocycles. The smallest absolute Gasteiger partial charge is 0.323 e. The van der Waals surface area contributed by atoms with Crippen LogP contribution in [0.1, 0.15) is 84.1 Å². The first-order valence-corrected chi connectivity index (χ1v) is 25.1. The third-order valence-electron chi connectivity index (χ3n) is 16.4. The summed E-state index contributed by atoms with van der Waals surface area (Å²) in [5, 5.41) is 87.0. The number of nitrogens with one attached hydrogen (secondary N) is 2. The fourth-order valence-electron chi connectivity index (χ4n) is 12.8. The summed E-state index contributed by atoms with van der Waals surface area (Å²) in [7, 11) is 0. The molecule has 0 radical (unpaired) electrons. The zero-order chi connectivity index (χ0) is 52.2. The molecule has 1 aromatic carbocycles. The molecule has 21 nitrogen and oxygen atoms in total. The van der Waals surface area contributed by atoms with E-state index >= 15 is 0 Å². The number of benzene rings is 1. The van der Waals surface area contributed by atoms with Crippen LogP contribution in [0.2, 0.25) is 0 Å². The van der Waals surface area contributed by atoms with Crippen LogP contribution in [0.15, 0.2) is 24.3 Å². The van der Waals surface area contributed by atoms with E-state index in [1.54, 1.807) is 24.3 Å². The minimum Gasteiger partial charge on any atom is -0.481 e. The average Bonchev–Trinajstić information content (AvgIpc) is 3.64. The van der Waals surface area contributed by atoms with Crippen molar-refractivity contribution >= 4 is 58.8 Å². The second-order valence-electron chi connectivity index (χ2n) is 20.8. The summed E-state index contributed by atoms with van der Waals surface area (Å²) >= 11 is 5.53. The highest BCUT2D eigenvalue weighted by Crippen LogP contribution is 2.68. The van der Waals surface area contributed by atoms with Crippen molar-refractivity contribution in [1.82, 2.24) is 20.0 Å². The maximum absolute atomic E-state index is 12.3. The highest BCUT2D eigenvalue weighted by Gasteiger charge is 2.65. The fraction of sp³-hybridized carbons (Fsp3) is 0.735. The molecule has 4 aliphatic carbocycles. The molecule has 71 heavy (non-hydrogen) atoms. The van der Waals surface area contributed by atoms with Crippen molar-refractivity contribution < 1.29 is 79.1 Å². The molecule has 5 rings (SSSR count). The number of aliphatic hydroxyl groups excluding tert-OH is 2. The quantitative estimate of drug-likeness (QED) is 0.0407. The molecule has 12 atom stereocenters. The predicted octanol–water partition coefficient (Wildman–Crippen LogP) is 2.67. The lowest BCUT2D eigenvalue weighted by molar-refractivity contribution is -0.209. The Kier molecular flexibility index (Phi) is 20.9. The molecule has 1 aromatic rings. The van der Waals surface area contributed by atoms with Gasteiger partial charge in [0.2, 0.25) is 0 Å². The molecule has 4 fully saturated rings. The highest BCUT2D eigenvalue weighted by atomic mass is 32.1. The van der Waals surface area contributed by atoms with Crippen LogP contribution in [0.4, 0.5) is 5.69 Å². The summed E-state index contributed by atoms with van der Waals surface area (Å²) in [5.74, 6) is -6.09. The topological polar surface area (TPSA) is 316 Å². The van der Waals surface area contributed by atoms with Gasteiger partial charge >= 0.3 is 35.8 Å². The Labute approximate surface area is 419 Å². The first-order chi connectivity index (χ1) is 33.5. The molecule has 0 aliphatic heterocycles. The molecule has 0 spiro atoms. The molecule has 0 aromatic heterocycles. The van der Waals surface area contributed by atoms with Gasteiger partial charge in [0.15, 0.2) is 5.11 Å². The van der Waals surface area contributed by atoms with E-state index in [1.165, 1.54) is 4.90 Å². The summed E-state index contributed by atoms with van der Waals surface area (Å²) in [6.45, 7) is 4.14. The van der Waals surface area contributed by atoms with Gasteiger partial charge in [-0.1, -0.05) is 32.9 Å². The summed E-state index contributed by atoms with van der Waals surface area (Å²) < 4.78 is 12.1. The molecule has 0 amide bonds. The van der Waals surface area contributed by atoms with E-state index in [0.717, 1.165) is 41.9 Å². The van der Waals surface area contributed by atoms with Gasteiger partial charge in [-0.2, -0.15) is 0 Å². The minimum atomic E-state index is -1.42. The lowest BCUT2D eigenvalue weighted by Crippen LogP contribution is -2.62. The van der Waals surface area contributed by atoms with Crippen LogP contribution < -0.4 is 10.6 Å². The Balaban J connectivity index is 1.04. The van der Waals surface area contributed by atoms with E-state index in [1.807, 2.05) is 0 Å². The number of carboxylic acids is 6. The van der Waals surface area contributed by atoms with Crippen molar-refractivity contribution in [1.29, 1.82) is 0 Å². The lowest BCUT2D eigenvalue weighted by atomic mass is 9.43. The van der Waals surface area contributed by atoms with Crippen molar-refractivity contribution in [3.63, 3.8) is 0 Å². The third kappa shape index (κ3) is 15.5. The molecule has 22 heteroatoms. The molecule has 4 aliphatic rings. The number of fused-ring (bicyclic) bond motifs is 5. The second kappa shape index (κ2) is 25.9. The van der Waals surface area contributed by atoms with Gasteiger partial charge < -0.3 is 61.0 Å². The van der Waals surface area contributed by atoms with Crippen LogP contribution in [0.25, 0.3) is 0 Å². The summed E-state index contributed by atoms with van der Waals surface area (Å²) in [6.07, 6.45) is 5.76. The number of nitrogens with zero attached hydrogens (tertiary/aromatic N) is 3. The van der Waals surface area contributed by atoms with E-state index in [-0.39, 0.29) is 91.6 Å². The number of rotatable bonds is 29. The largest absolute Gasteiger partial charge is 0.481 e. The molecule has 0 heterocycles. The van der Waals surface area contributed by atoms with Crippen LogP contribution in [0.5, 0.6) is 0 Å². The molecule has 0 bridgehead atoms. The Morgan fingerprint density at radius 2 is 1.39 bits per heavy atom. The number of hydrogen-bond acceptors (Lipinski definition) is 14. The number of carbonyl (C=O) groups is 6. The standard InChI is InChI=1S/C49H75N5O16S/c1-29(4-11-40(57)58)34-9-10-35-45-36(22-39(56)49(34,35)3)48(2)13-12-33(20-31(48)21-38(45)55)70-19-14-50-47(71)51-32-7-5-30(6-8-32)27-69-28-37(46(67)68)54(26-44(65)66)18-17-52(23-41(59)60)15-16-53(24-42(61)62)25-43(63)64/h5-8,29,31,33-39,45,55-56H,4,9-28H2,1-3H3,(H,57,58)(H,59,60)(H,61,62)(H,63,64)(H,65,66)(H,67,68)(H2,50,51,71)/t29-,31+,33+,34-,35+,36+,37?,38-,39+,45+,48+,49-/m1/s1. The van der Waals surface area contributed by atoms with E-state index < -0.39 is 86.9 Å². The summed E-state index contributed by atoms with van der Waals surface area (Å²) in [4.78, 5) is 72.9. The summed E-state index contributed by atoms with van der Waals surface area (Å²) in [6, 6.07) is 5.62. The number of carboxylic acid groups (broad SMARTS) is 6. The minimum absolute atomic E-state index is 0.0141. The van der Waals surface area contributed by atoms with Crippen molar-refractivity contribution in [2.75, 3.05) is 77.4 Å². The number of aliphatic carboxylic acids is 6. The first-order valence-electron chi connectivity index (χ1n) is 24.7.